The van der Waals surface area contributed by atoms with Crippen LogP contribution in [-0.2, 0) is 0 Å². The smallest absolute Gasteiger partial charge is 0.170 e. The average Bonchev–Trinajstić information content (AvgIpc) is 2.46. The van der Waals surface area contributed by atoms with Gasteiger partial charge >= 0.3 is 0 Å². The van der Waals surface area contributed by atoms with Crippen LogP contribution in [0.5, 0.6) is 0 Å². The zero-order valence-corrected chi connectivity index (χ0v) is 11.9. The van der Waals surface area contributed by atoms with Crippen LogP contribution in [-0.4, -0.2) is 23.1 Å². The lowest BCUT2D eigenvalue weighted by Crippen LogP contribution is -2.16. The first-order chi connectivity index (χ1) is 9.13. The monoisotopic (exact) mass is 320 g/mol. The number of halogens is 1. The molecule has 3 N–H and O–H groups in total. The molecule has 5 nitrogen and oxygen atoms in total. The standard InChI is InChI=1S/C13H13BrN4O/c1-18(13-11(14)6-3-7-16-13)10-5-2-4-9(8-10)12(15)17-19/h2-8,19H,1H3,(H2,15,17). The van der Waals surface area contributed by atoms with Gasteiger partial charge in [0.15, 0.2) is 5.84 Å². The Bertz CT molecular complexity index is 615. The molecule has 98 valence electrons. The Morgan fingerprint density at radius 1 is 1.37 bits per heavy atom. The first-order valence-corrected chi connectivity index (χ1v) is 6.35. The highest BCUT2D eigenvalue weighted by molar-refractivity contribution is 9.10. The van der Waals surface area contributed by atoms with Crippen molar-refractivity contribution >= 4 is 33.3 Å². The van der Waals surface area contributed by atoms with Crippen LogP contribution in [0.4, 0.5) is 11.5 Å². The van der Waals surface area contributed by atoms with Crippen LogP contribution in [0.2, 0.25) is 0 Å². The number of aromatic nitrogens is 1. The fourth-order valence-corrected chi connectivity index (χ4v) is 2.20. The van der Waals surface area contributed by atoms with Gasteiger partial charge in [-0.3, -0.25) is 0 Å². The van der Waals surface area contributed by atoms with Gasteiger partial charge in [0.1, 0.15) is 5.82 Å². The third-order valence-electron chi connectivity index (χ3n) is 2.69. The summed E-state index contributed by atoms with van der Waals surface area (Å²) in [5, 5.41) is 11.7. The van der Waals surface area contributed by atoms with Crippen LogP contribution in [0.1, 0.15) is 5.56 Å². The number of benzene rings is 1. The van der Waals surface area contributed by atoms with Gasteiger partial charge < -0.3 is 15.8 Å². The van der Waals surface area contributed by atoms with E-state index in [-0.39, 0.29) is 5.84 Å². The topological polar surface area (TPSA) is 74.7 Å². The summed E-state index contributed by atoms with van der Waals surface area (Å²) in [5.74, 6) is 0.870. The van der Waals surface area contributed by atoms with E-state index >= 15 is 0 Å². The van der Waals surface area contributed by atoms with Gasteiger partial charge in [0.25, 0.3) is 0 Å². The summed E-state index contributed by atoms with van der Waals surface area (Å²) in [5.41, 5.74) is 7.13. The van der Waals surface area contributed by atoms with Gasteiger partial charge in [-0.05, 0) is 40.2 Å². The average molecular weight is 321 g/mol. The highest BCUT2D eigenvalue weighted by Crippen LogP contribution is 2.28. The van der Waals surface area contributed by atoms with Crippen molar-refractivity contribution < 1.29 is 5.21 Å². The molecule has 0 aliphatic rings. The highest BCUT2D eigenvalue weighted by Gasteiger charge is 2.10. The van der Waals surface area contributed by atoms with Gasteiger partial charge in [0.2, 0.25) is 0 Å². The minimum Gasteiger partial charge on any atom is -0.409 e. The second-order valence-corrected chi connectivity index (χ2v) is 4.76. The summed E-state index contributed by atoms with van der Waals surface area (Å²) >= 11 is 3.46. The van der Waals surface area contributed by atoms with Crippen molar-refractivity contribution in [1.29, 1.82) is 0 Å². The van der Waals surface area contributed by atoms with E-state index in [0.29, 0.717) is 5.56 Å². The Labute approximate surface area is 119 Å². The fourth-order valence-electron chi connectivity index (χ4n) is 1.68. The number of nitrogens with two attached hydrogens (primary N) is 1. The summed E-state index contributed by atoms with van der Waals surface area (Å²) in [6.07, 6.45) is 1.73. The van der Waals surface area contributed by atoms with Crippen molar-refractivity contribution in [3.63, 3.8) is 0 Å². The molecule has 1 aromatic carbocycles. The van der Waals surface area contributed by atoms with E-state index in [1.165, 1.54) is 0 Å². The molecule has 0 bridgehead atoms. The predicted molar refractivity (Wildman–Crippen MR) is 79.0 cm³/mol. The number of rotatable bonds is 3. The van der Waals surface area contributed by atoms with E-state index < -0.39 is 0 Å². The van der Waals surface area contributed by atoms with Crippen molar-refractivity contribution in [3.8, 4) is 0 Å². The first-order valence-electron chi connectivity index (χ1n) is 5.55. The number of amidine groups is 1. The Hall–Kier alpha value is -2.08. The van der Waals surface area contributed by atoms with E-state index in [2.05, 4.69) is 26.1 Å². The number of oxime groups is 1. The maximum Gasteiger partial charge on any atom is 0.170 e. The quantitative estimate of drug-likeness (QED) is 0.394. The van der Waals surface area contributed by atoms with Crippen molar-refractivity contribution in [2.24, 2.45) is 10.9 Å². The lowest BCUT2D eigenvalue weighted by Gasteiger charge is -2.20. The number of hydrogen-bond donors (Lipinski definition) is 2. The second kappa shape index (κ2) is 5.71. The van der Waals surface area contributed by atoms with Crippen LogP contribution in [0, 0.1) is 0 Å². The number of pyridine rings is 1. The highest BCUT2D eigenvalue weighted by atomic mass is 79.9. The zero-order valence-electron chi connectivity index (χ0n) is 10.3. The molecule has 2 rings (SSSR count). The second-order valence-electron chi connectivity index (χ2n) is 3.90. The molecule has 0 aliphatic carbocycles. The molecule has 0 radical (unpaired) electrons. The lowest BCUT2D eigenvalue weighted by molar-refractivity contribution is 0.318. The van der Waals surface area contributed by atoms with Crippen molar-refractivity contribution in [1.82, 2.24) is 4.98 Å². The molecule has 0 saturated carbocycles. The van der Waals surface area contributed by atoms with Crippen LogP contribution >= 0.6 is 15.9 Å². The first kappa shape index (κ1) is 13.4. The molecule has 19 heavy (non-hydrogen) atoms. The Kier molecular flexibility index (Phi) is 4.01. The molecule has 2 aromatic rings. The minimum absolute atomic E-state index is 0.0790. The van der Waals surface area contributed by atoms with E-state index in [9.17, 15) is 0 Å². The van der Waals surface area contributed by atoms with Crippen LogP contribution < -0.4 is 10.6 Å². The predicted octanol–water partition coefficient (Wildman–Crippen LogP) is 2.71. The summed E-state index contributed by atoms with van der Waals surface area (Å²) < 4.78 is 0.895. The van der Waals surface area contributed by atoms with E-state index in [0.717, 1.165) is 16.0 Å². The summed E-state index contributed by atoms with van der Waals surface area (Å²) in [4.78, 5) is 6.23. The number of hydrogen-bond acceptors (Lipinski definition) is 4. The molecule has 0 unspecified atom stereocenters. The van der Waals surface area contributed by atoms with Gasteiger partial charge in [-0.2, -0.15) is 0 Å². The van der Waals surface area contributed by atoms with Crippen LogP contribution in [0.25, 0.3) is 0 Å². The Morgan fingerprint density at radius 2 is 2.16 bits per heavy atom. The molecule has 0 fully saturated rings. The van der Waals surface area contributed by atoms with E-state index in [4.69, 9.17) is 10.9 Å². The van der Waals surface area contributed by atoms with Gasteiger partial charge in [-0.1, -0.05) is 17.3 Å². The van der Waals surface area contributed by atoms with Gasteiger partial charge in [-0.15, -0.1) is 0 Å². The van der Waals surface area contributed by atoms with Gasteiger partial charge in [-0.25, -0.2) is 4.98 Å². The van der Waals surface area contributed by atoms with E-state index in [1.54, 1.807) is 12.3 Å². The maximum absolute atomic E-state index is 8.71. The van der Waals surface area contributed by atoms with Crippen LogP contribution in [0.3, 0.4) is 0 Å². The van der Waals surface area contributed by atoms with Crippen molar-refractivity contribution in [3.05, 3.63) is 52.6 Å². The van der Waals surface area contributed by atoms with Crippen LogP contribution in [0.15, 0.2) is 52.2 Å². The zero-order chi connectivity index (χ0) is 13.8. The van der Waals surface area contributed by atoms with E-state index in [1.807, 2.05) is 42.3 Å². The molecule has 1 heterocycles. The number of nitrogens with zero attached hydrogens (tertiary/aromatic N) is 3. The summed E-state index contributed by atoms with van der Waals surface area (Å²) in [7, 11) is 1.90. The SMILES string of the molecule is CN(c1cccc(C(N)=NO)c1)c1ncccc1Br. The largest absolute Gasteiger partial charge is 0.409 e. The molecule has 0 aliphatic heterocycles. The lowest BCUT2D eigenvalue weighted by atomic mass is 10.2. The summed E-state index contributed by atoms with van der Waals surface area (Å²) in [6.45, 7) is 0. The summed E-state index contributed by atoms with van der Waals surface area (Å²) in [6, 6.07) is 11.2. The normalized spacial score (nSPS) is 11.4. The maximum atomic E-state index is 8.71. The van der Waals surface area contributed by atoms with Crippen molar-refractivity contribution in [2.45, 2.75) is 0 Å². The third-order valence-corrected chi connectivity index (χ3v) is 3.31. The fraction of sp³-hybridized carbons (Fsp3) is 0.0769. The Morgan fingerprint density at radius 3 is 2.84 bits per heavy atom. The molecule has 0 atom stereocenters. The molecule has 0 saturated heterocycles. The third kappa shape index (κ3) is 2.85. The van der Waals surface area contributed by atoms with Gasteiger partial charge in [0.05, 0.1) is 4.47 Å². The molecular weight excluding hydrogens is 308 g/mol. The molecule has 1 aromatic heterocycles. The molecule has 6 heteroatoms. The Balaban J connectivity index is 2.40. The molecule has 0 spiro atoms. The molecular formula is C13H13BrN4O. The van der Waals surface area contributed by atoms with Crippen molar-refractivity contribution in [2.75, 3.05) is 11.9 Å². The minimum atomic E-state index is 0.0790. The number of anilines is 2. The van der Waals surface area contributed by atoms with Gasteiger partial charge in [0, 0.05) is 24.5 Å². The molecule has 0 amide bonds.